The monoisotopic (exact) mass is 241 g/mol. The summed E-state index contributed by atoms with van der Waals surface area (Å²) in [4.78, 5) is 35.6. The molecular weight excluding hydrogens is 222 g/mol. The largest absolute Gasteiger partial charge is 0.481 e. The van der Waals surface area contributed by atoms with E-state index in [9.17, 15) is 14.4 Å². The highest BCUT2D eigenvalue weighted by Crippen LogP contribution is 2.34. The Kier molecular flexibility index (Phi) is 3.32. The molecule has 0 aliphatic carbocycles. The van der Waals surface area contributed by atoms with Gasteiger partial charge < -0.3 is 5.11 Å². The van der Waals surface area contributed by atoms with E-state index in [0.29, 0.717) is 0 Å². The predicted octanol–water partition coefficient (Wildman–Crippen LogP) is 1.41. The summed E-state index contributed by atoms with van der Waals surface area (Å²) in [6, 6.07) is 0. The topological polar surface area (TPSA) is 74.7 Å². The lowest BCUT2D eigenvalue weighted by Crippen LogP contribution is -2.50. The molecule has 1 saturated heterocycles. The van der Waals surface area contributed by atoms with Crippen LogP contribution in [0.25, 0.3) is 0 Å². The lowest BCUT2D eigenvalue weighted by atomic mass is 9.79. The Bertz CT molecular complexity index is 355. The third-order valence-electron chi connectivity index (χ3n) is 3.11. The normalized spacial score (nSPS) is 17.8. The highest BCUT2D eigenvalue weighted by molar-refractivity contribution is 6.02. The molecule has 1 aliphatic rings. The van der Waals surface area contributed by atoms with Crippen LogP contribution in [0.2, 0.25) is 0 Å². The smallest absolute Gasteiger partial charge is 0.309 e. The number of rotatable bonds is 4. The van der Waals surface area contributed by atoms with Gasteiger partial charge in [0.2, 0.25) is 11.8 Å². The number of likely N-dealkylation sites (tertiary alicyclic amines) is 1. The Morgan fingerprint density at radius 2 is 1.59 bits per heavy atom. The Balaban J connectivity index is 2.92. The summed E-state index contributed by atoms with van der Waals surface area (Å²) in [5.41, 5.74) is -1.72. The van der Waals surface area contributed by atoms with Crippen molar-refractivity contribution >= 4 is 17.8 Å². The Morgan fingerprint density at radius 1 is 1.18 bits per heavy atom. The minimum absolute atomic E-state index is 0.207. The number of imide groups is 1. The second-order valence-corrected chi connectivity index (χ2v) is 5.80. The van der Waals surface area contributed by atoms with Gasteiger partial charge in [-0.25, -0.2) is 0 Å². The molecule has 0 bridgehead atoms. The number of carboxylic acid groups (broad SMARTS) is 1. The first-order valence-electron chi connectivity index (χ1n) is 5.67. The van der Waals surface area contributed by atoms with Crippen LogP contribution in [-0.4, -0.2) is 33.3 Å². The van der Waals surface area contributed by atoms with Gasteiger partial charge in [-0.1, -0.05) is 0 Å². The van der Waals surface area contributed by atoms with Crippen molar-refractivity contribution < 1.29 is 19.5 Å². The number of carboxylic acids is 1. The third kappa shape index (κ3) is 2.65. The zero-order valence-corrected chi connectivity index (χ0v) is 10.7. The first-order valence-corrected chi connectivity index (χ1v) is 5.67. The number of carbonyl (C=O) groups is 3. The van der Waals surface area contributed by atoms with Crippen molar-refractivity contribution in [2.24, 2.45) is 5.41 Å². The first kappa shape index (κ1) is 13.7. The number of aliphatic carboxylic acids is 1. The molecule has 0 aromatic carbocycles. The molecule has 1 N–H and O–H groups in total. The summed E-state index contributed by atoms with van der Waals surface area (Å²) in [6.07, 6.45) is 0.707. The van der Waals surface area contributed by atoms with Crippen LogP contribution in [0.3, 0.4) is 0 Å². The van der Waals surface area contributed by atoms with E-state index in [1.807, 2.05) is 0 Å². The Labute approximate surface area is 101 Å². The molecule has 0 saturated carbocycles. The molecule has 96 valence electrons. The molecular formula is C12H19NO4. The molecule has 2 amide bonds. The van der Waals surface area contributed by atoms with Gasteiger partial charge in [0, 0.05) is 18.4 Å². The van der Waals surface area contributed by atoms with Gasteiger partial charge in [0.25, 0.3) is 0 Å². The van der Waals surface area contributed by atoms with E-state index in [2.05, 4.69) is 0 Å². The average Bonchev–Trinajstić information content (AvgIpc) is 2.44. The number of nitrogens with zero attached hydrogens (tertiary/aromatic N) is 1. The van der Waals surface area contributed by atoms with Crippen molar-refractivity contribution in [3.63, 3.8) is 0 Å². The fourth-order valence-corrected chi connectivity index (χ4v) is 2.49. The van der Waals surface area contributed by atoms with Crippen molar-refractivity contribution in [1.82, 2.24) is 4.90 Å². The molecule has 17 heavy (non-hydrogen) atoms. The van der Waals surface area contributed by atoms with Crippen LogP contribution in [0.15, 0.2) is 0 Å². The Hall–Kier alpha value is -1.39. The van der Waals surface area contributed by atoms with E-state index in [0.717, 1.165) is 0 Å². The van der Waals surface area contributed by atoms with Crippen molar-refractivity contribution in [3.8, 4) is 0 Å². The molecule has 0 spiro atoms. The van der Waals surface area contributed by atoms with Crippen LogP contribution in [0.4, 0.5) is 0 Å². The van der Waals surface area contributed by atoms with Crippen LogP contribution in [-0.2, 0) is 14.4 Å². The molecule has 1 rings (SSSR count). The van der Waals surface area contributed by atoms with Gasteiger partial charge in [-0.15, -0.1) is 0 Å². The molecule has 0 radical (unpaired) electrons. The molecule has 0 aromatic rings. The molecule has 1 fully saturated rings. The highest BCUT2D eigenvalue weighted by atomic mass is 16.4. The number of amides is 2. The maximum atomic E-state index is 11.6. The minimum atomic E-state index is -0.966. The molecule has 5 heteroatoms. The number of hydrogen-bond donors (Lipinski definition) is 1. The second-order valence-electron chi connectivity index (χ2n) is 5.80. The van der Waals surface area contributed by atoms with Gasteiger partial charge in [0.05, 0.1) is 5.41 Å². The summed E-state index contributed by atoms with van der Waals surface area (Å²) < 4.78 is 0. The van der Waals surface area contributed by atoms with Gasteiger partial charge >= 0.3 is 5.97 Å². The van der Waals surface area contributed by atoms with Crippen LogP contribution in [0, 0.1) is 5.41 Å². The third-order valence-corrected chi connectivity index (χ3v) is 3.11. The summed E-state index contributed by atoms with van der Waals surface area (Å²) in [5.74, 6) is -1.34. The van der Waals surface area contributed by atoms with Crippen LogP contribution < -0.4 is 0 Å². The minimum Gasteiger partial charge on any atom is -0.481 e. The first-order chi connectivity index (χ1) is 7.58. The van der Waals surface area contributed by atoms with Gasteiger partial charge in [0.1, 0.15) is 0 Å². The quantitative estimate of drug-likeness (QED) is 0.755. The Morgan fingerprint density at radius 3 is 1.94 bits per heavy atom. The molecule has 1 aliphatic heterocycles. The van der Waals surface area contributed by atoms with E-state index >= 15 is 0 Å². The number of hydrogen-bond acceptors (Lipinski definition) is 3. The van der Waals surface area contributed by atoms with Gasteiger partial charge in [0.15, 0.2) is 0 Å². The maximum absolute atomic E-state index is 11.6. The second kappa shape index (κ2) is 4.13. The summed E-state index contributed by atoms with van der Waals surface area (Å²) in [7, 11) is 0. The zero-order valence-electron chi connectivity index (χ0n) is 10.7. The van der Waals surface area contributed by atoms with Crippen LogP contribution >= 0.6 is 0 Å². The van der Waals surface area contributed by atoms with E-state index in [1.54, 1.807) is 27.7 Å². The van der Waals surface area contributed by atoms with Crippen molar-refractivity contribution in [1.29, 1.82) is 0 Å². The van der Waals surface area contributed by atoms with Crippen LogP contribution in [0.5, 0.6) is 0 Å². The SMILES string of the molecule is CC(C)(CC(C)(C)N1C(=O)CCC1=O)C(=O)O. The van der Waals surface area contributed by atoms with Crippen molar-refractivity contribution in [2.75, 3.05) is 0 Å². The average molecular weight is 241 g/mol. The summed E-state index contributed by atoms with van der Waals surface area (Å²) in [6.45, 7) is 6.67. The maximum Gasteiger partial charge on any atom is 0.309 e. The van der Waals surface area contributed by atoms with Crippen molar-refractivity contribution in [2.45, 2.75) is 52.5 Å². The lowest BCUT2D eigenvalue weighted by Gasteiger charge is -2.38. The predicted molar refractivity (Wildman–Crippen MR) is 61.2 cm³/mol. The molecule has 0 atom stereocenters. The highest BCUT2D eigenvalue weighted by Gasteiger charge is 2.44. The van der Waals surface area contributed by atoms with E-state index in [1.165, 1.54) is 4.90 Å². The molecule has 0 aromatic heterocycles. The molecule has 1 heterocycles. The van der Waals surface area contributed by atoms with E-state index < -0.39 is 16.9 Å². The molecule has 5 nitrogen and oxygen atoms in total. The fraction of sp³-hybridized carbons (Fsp3) is 0.750. The van der Waals surface area contributed by atoms with Gasteiger partial charge in [-0.2, -0.15) is 0 Å². The molecule has 0 unspecified atom stereocenters. The lowest BCUT2D eigenvalue weighted by molar-refractivity contribution is -0.154. The van der Waals surface area contributed by atoms with E-state index in [-0.39, 0.29) is 31.1 Å². The standard InChI is InChI=1S/C12H19NO4/c1-11(2,10(16)17)7-12(3,4)13-8(14)5-6-9(13)15/h5-7H2,1-4H3,(H,16,17). The van der Waals surface area contributed by atoms with Crippen molar-refractivity contribution in [3.05, 3.63) is 0 Å². The fourth-order valence-electron chi connectivity index (χ4n) is 2.49. The van der Waals surface area contributed by atoms with E-state index in [4.69, 9.17) is 5.11 Å². The number of carbonyl (C=O) groups excluding carboxylic acids is 2. The van der Waals surface area contributed by atoms with Crippen LogP contribution in [0.1, 0.15) is 47.0 Å². The van der Waals surface area contributed by atoms with Gasteiger partial charge in [-0.3, -0.25) is 19.3 Å². The summed E-state index contributed by atoms with van der Waals surface area (Å²) in [5, 5.41) is 9.09. The van der Waals surface area contributed by atoms with Gasteiger partial charge in [-0.05, 0) is 34.1 Å². The zero-order chi connectivity index (χ0) is 13.4. The summed E-state index contributed by atoms with van der Waals surface area (Å²) >= 11 is 0.